The number of nitrogens with one attached hydrogen (secondary N) is 1. The highest BCUT2D eigenvalue weighted by Crippen LogP contribution is 2.21. The van der Waals surface area contributed by atoms with Gasteiger partial charge in [-0.25, -0.2) is 18.1 Å². The van der Waals surface area contributed by atoms with E-state index in [0.29, 0.717) is 5.56 Å². The molecule has 0 fully saturated rings. The van der Waals surface area contributed by atoms with Crippen molar-refractivity contribution < 1.29 is 17.6 Å². The Morgan fingerprint density at radius 2 is 1.89 bits per heavy atom. The van der Waals surface area contributed by atoms with E-state index in [0.717, 1.165) is 6.26 Å². The van der Waals surface area contributed by atoms with Crippen molar-refractivity contribution in [3.05, 3.63) is 41.8 Å². The van der Waals surface area contributed by atoms with Crippen molar-refractivity contribution in [2.45, 2.75) is 6.92 Å². The predicted molar refractivity (Wildman–Crippen MR) is 69.0 cm³/mol. The number of nitrogens with zero attached hydrogens (tertiary/aromatic N) is 1. The first kappa shape index (κ1) is 13.3. The van der Waals surface area contributed by atoms with Gasteiger partial charge in [0.05, 0.1) is 6.26 Å². The SMILES string of the molecule is Cc1oc(-c2ccccc2)nc1C(=O)NS(C)(=O)=O. The summed E-state index contributed by atoms with van der Waals surface area (Å²) in [5.74, 6) is -0.261. The van der Waals surface area contributed by atoms with E-state index < -0.39 is 15.9 Å². The van der Waals surface area contributed by atoms with E-state index in [-0.39, 0.29) is 17.3 Å². The van der Waals surface area contributed by atoms with E-state index in [1.165, 1.54) is 0 Å². The van der Waals surface area contributed by atoms with Gasteiger partial charge in [-0.2, -0.15) is 0 Å². The molecule has 1 amide bonds. The van der Waals surface area contributed by atoms with Crippen LogP contribution in [0.25, 0.3) is 11.5 Å². The zero-order valence-corrected chi connectivity index (χ0v) is 11.2. The quantitative estimate of drug-likeness (QED) is 0.916. The summed E-state index contributed by atoms with van der Waals surface area (Å²) in [6.45, 7) is 1.55. The molecule has 0 atom stereocenters. The molecule has 0 radical (unpaired) electrons. The Labute approximate surface area is 110 Å². The molecule has 100 valence electrons. The topological polar surface area (TPSA) is 89.3 Å². The number of aromatic nitrogens is 1. The average Bonchev–Trinajstić information content (AvgIpc) is 2.70. The number of carbonyl (C=O) groups excluding carboxylic acids is 1. The maximum Gasteiger partial charge on any atom is 0.286 e. The van der Waals surface area contributed by atoms with Crippen LogP contribution >= 0.6 is 0 Å². The van der Waals surface area contributed by atoms with Crippen molar-refractivity contribution in [2.75, 3.05) is 6.26 Å². The zero-order chi connectivity index (χ0) is 14.0. The lowest BCUT2D eigenvalue weighted by Gasteiger charge is -1.98. The van der Waals surface area contributed by atoms with Crippen LogP contribution in [0.3, 0.4) is 0 Å². The number of rotatable bonds is 3. The van der Waals surface area contributed by atoms with Gasteiger partial charge in [-0.15, -0.1) is 0 Å². The van der Waals surface area contributed by atoms with Gasteiger partial charge in [0.1, 0.15) is 5.76 Å². The third-order valence-electron chi connectivity index (χ3n) is 2.31. The summed E-state index contributed by atoms with van der Waals surface area (Å²) in [6.07, 6.45) is 0.901. The monoisotopic (exact) mass is 280 g/mol. The molecular formula is C12H12N2O4S. The van der Waals surface area contributed by atoms with Gasteiger partial charge >= 0.3 is 0 Å². The molecule has 0 saturated carbocycles. The van der Waals surface area contributed by atoms with Crippen molar-refractivity contribution in [3.63, 3.8) is 0 Å². The lowest BCUT2D eigenvalue weighted by molar-refractivity contribution is 0.0976. The first-order chi connectivity index (χ1) is 8.87. The van der Waals surface area contributed by atoms with Crippen LogP contribution in [-0.4, -0.2) is 25.6 Å². The standard InChI is InChI=1S/C12H12N2O4S/c1-8-10(11(15)14-19(2,16)17)13-12(18-8)9-6-4-3-5-7-9/h3-7H,1-2H3,(H,14,15). The summed E-state index contributed by atoms with van der Waals surface area (Å²) in [5.41, 5.74) is 0.674. The second kappa shape index (κ2) is 4.85. The second-order valence-electron chi connectivity index (χ2n) is 3.99. The maximum absolute atomic E-state index is 11.7. The Kier molecular flexibility index (Phi) is 3.39. The van der Waals surface area contributed by atoms with Gasteiger partial charge in [0.2, 0.25) is 15.9 Å². The minimum Gasteiger partial charge on any atom is -0.441 e. The smallest absolute Gasteiger partial charge is 0.286 e. The van der Waals surface area contributed by atoms with Crippen LogP contribution in [0.4, 0.5) is 0 Å². The number of benzene rings is 1. The maximum atomic E-state index is 11.7. The van der Waals surface area contributed by atoms with E-state index in [1.807, 2.05) is 22.9 Å². The highest BCUT2D eigenvalue weighted by atomic mass is 32.2. The number of hydrogen-bond acceptors (Lipinski definition) is 5. The first-order valence-electron chi connectivity index (χ1n) is 5.42. The van der Waals surface area contributed by atoms with Gasteiger partial charge in [0.15, 0.2) is 5.69 Å². The number of sulfonamides is 1. The molecule has 1 N–H and O–H groups in total. The van der Waals surface area contributed by atoms with Crippen LogP contribution in [0.5, 0.6) is 0 Å². The summed E-state index contributed by atoms with van der Waals surface area (Å²) in [5, 5.41) is 0. The third kappa shape index (κ3) is 3.19. The van der Waals surface area contributed by atoms with Crippen molar-refractivity contribution in [1.29, 1.82) is 0 Å². The molecule has 2 rings (SSSR count). The Hall–Kier alpha value is -2.15. The molecule has 7 heteroatoms. The molecule has 0 unspecified atom stereocenters. The third-order valence-corrected chi connectivity index (χ3v) is 2.87. The minimum absolute atomic E-state index is 0.0377. The van der Waals surface area contributed by atoms with Crippen molar-refractivity contribution in [3.8, 4) is 11.5 Å². The average molecular weight is 280 g/mol. The van der Waals surface area contributed by atoms with Gasteiger partial charge in [-0.05, 0) is 19.1 Å². The number of amides is 1. The van der Waals surface area contributed by atoms with Crippen molar-refractivity contribution in [1.82, 2.24) is 9.71 Å². The van der Waals surface area contributed by atoms with Crippen LogP contribution < -0.4 is 4.72 Å². The molecular weight excluding hydrogens is 268 g/mol. The Morgan fingerprint density at radius 1 is 1.26 bits per heavy atom. The van der Waals surface area contributed by atoms with E-state index in [9.17, 15) is 13.2 Å². The van der Waals surface area contributed by atoms with Crippen molar-refractivity contribution in [2.24, 2.45) is 0 Å². The summed E-state index contributed by atoms with van der Waals surface area (Å²) in [6, 6.07) is 9.03. The van der Waals surface area contributed by atoms with Crippen LogP contribution in [0.2, 0.25) is 0 Å². The molecule has 0 aliphatic carbocycles. The molecule has 0 saturated heterocycles. The lowest BCUT2D eigenvalue weighted by atomic mass is 10.2. The number of hydrogen-bond donors (Lipinski definition) is 1. The summed E-state index contributed by atoms with van der Waals surface area (Å²) >= 11 is 0. The molecule has 1 heterocycles. The second-order valence-corrected chi connectivity index (χ2v) is 5.74. The fraction of sp³-hybridized carbons (Fsp3) is 0.167. The molecule has 19 heavy (non-hydrogen) atoms. The Balaban J connectivity index is 2.35. The van der Waals surface area contributed by atoms with Crippen molar-refractivity contribution >= 4 is 15.9 Å². The van der Waals surface area contributed by atoms with Gasteiger partial charge in [0.25, 0.3) is 5.91 Å². The fourth-order valence-electron chi connectivity index (χ4n) is 1.53. The largest absolute Gasteiger partial charge is 0.441 e. The summed E-state index contributed by atoms with van der Waals surface area (Å²) in [4.78, 5) is 15.7. The fourth-order valence-corrected chi connectivity index (χ4v) is 1.96. The predicted octanol–water partition coefficient (Wildman–Crippen LogP) is 1.34. The number of aryl methyl sites for hydroxylation is 1. The number of carbonyl (C=O) groups is 1. The molecule has 0 aliphatic rings. The Morgan fingerprint density at radius 3 is 2.47 bits per heavy atom. The van der Waals surface area contributed by atoms with E-state index in [2.05, 4.69) is 4.98 Å². The summed E-state index contributed by atoms with van der Waals surface area (Å²) in [7, 11) is -3.62. The van der Waals surface area contributed by atoms with E-state index >= 15 is 0 Å². The van der Waals surface area contributed by atoms with E-state index in [1.54, 1.807) is 19.1 Å². The summed E-state index contributed by atoms with van der Waals surface area (Å²) < 4.78 is 29.2. The molecule has 1 aromatic heterocycles. The molecule has 0 spiro atoms. The highest BCUT2D eigenvalue weighted by molar-refractivity contribution is 7.89. The van der Waals surface area contributed by atoms with Crippen LogP contribution in [0.15, 0.2) is 34.7 Å². The molecule has 2 aromatic rings. The van der Waals surface area contributed by atoms with Gasteiger partial charge < -0.3 is 4.42 Å². The van der Waals surface area contributed by atoms with Crippen LogP contribution in [-0.2, 0) is 10.0 Å². The lowest BCUT2D eigenvalue weighted by Crippen LogP contribution is -2.30. The minimum atomic E-state index is -3.62. The van der Waals surface area contributed by atoms with Gasteiger partial charge in [-0.1, -0.05) is 18.2 Å². The van der Waals surface area contributed by atoms with Crippen LogP contribution in [0, 0.1) is 6.92 Å². The van der Waals surface area contributed by atoms with Gasteiger partial charge in [-0.3, -0.25) is 4.79 Å². The van der Waals surface area contributed by atoms with E-state index in [4.69, 9.17) is 4.42 Å². The Bertz CT molecular complexity index is 705. The molecule has 0 bridgehead atoms. The number of oxazole rings is 1. The normalized spacial score (nSPS) is 11.3. The van der Waals surface area contributed by atoms with Crippen LogP contribution in [0.1, 0.15) is 16.2 Å². The first-order valence-corrected chi connectivity index (χ1v) is 7.31. The molecule has 1 aromatic carbocycles. The van der Waals surface area contributed by atoms with Gasteiger partial charge in [0, 0.05) is 5.56 Å². The molecule has 6 nitrogen and oxygen atoms in total. The molecule has 0 aliphatic heterocycles. The highest BCUT2D eigenvalue weighted by Gasteiger charge is 2.20. The zero-order valence-electron chi connectivity index (χ0n) is 10.4.